The smallest absolute Gasteiger partial charge is 0.232 e. The molecule has 0 heterocycles. The maximum atomic E-state index is 13.3. The molecule has 0 fully saturated rings. The summed E-state index contributed by atoms with van der Waals surface area (Å²) in [6.45, 7) is 2.05. The fourth-order valence-corrected chi connectivity index (χ4v) is 2.35. The van der Waals surface area contributed by atoms with Gasteiger partial charge in [0.15, 0.2) is 0 Å². The fourth-order valence-electron chi connectivity index (χ4n) is 1.21. The molecule has 0 amide bonds. The molecule has 0 unspecified atom stereocenters. The number of nitrogens with one attached hydrogen (secondary N) is 1. The Balaban J connectivity index is 2.83. The number of aryl methyl sites for hydroxylation is 1. The van der Waals surface area contributed by atoms with Gasteiger partial charge in [0.25, 0.3) is 0 Å². The van der Waals surface area contributed by atoms with Crippen LogP contribution in [0.3, 0.4) is 0 Å². The van der Waals surface area contributed by atoms with Crippen LogP contribution in [0.5, 0.6) is 0 Å². The molecule has 3 N–H and O–H groups in total. The maximum Gasteiger partial charge on any atom is 0.232 e. The zero-order valence-electron chi connectivity index (χ0n) is 9.03. The number of hydrogen-bond donors (Lipinski definition) is 2. The van der Waals surface area contributed by atoms with Gasteiger partial charge < -0.3 is 5.73 Å². The van der Waals surface area contributed by atoms with Gasteiger partial charge in [-0.1, -0.05) is 6.07 Å². The van der Waals surface area contributed by atoms with Gasteiger partial charge in [0.1, 0.15) is 5.82 Å². The Bertz CT molecular complexity index is 460. The highest BCUT2D eigenvalue weighted by molar-refractivity contribution is 7.92. The van der Waals surface area contributed by atoms with Crippen molar-refractivity contribution in [1.82, 2.24) is 0 Å². The summed E-state index contributed by atoms with van der Waals surface area (Å²) >= 11 is 0. The molecule has 0 bridgehead atoms. The number of nitrogens with two attached hydrogens (primary N) is 1. The van der Waals surface area contributed by atoms with Crippen LogP contribution < -0.4 is 10.5 Å². The van der Waals surface area contributed by atoms with Crippen LogP contribution in [0.15, 0.2) is 18.2 Å². The molecule has 0 radical (unpaired) electrons. The van der Waals surface area contributed by atoms with Crippen LogP contribution in [0.1, 0.15) is 12.0 Å². The quantitative estimate of drug-likeness (QED) is 0.820. The normalized spacial score (nSPS) is 11.4. The van der Waals surface area contributed by atoms with Crippen molar-refractivity contribution < 1.29 is 12.8 Å². The van der Waals surface area contributed by atoms with Crippen molar-refractivity contribution in [3.8, 4) is 0 Å². The molecule has 0 saturated carbocycles. The van der Waals surface area contributed by atoms with Crippen LogP contribution in [0.2, 0.25) is 0 Å². The lowest BCUT2D eigenvalue weighted by atomic mass is 10.2. The predicted octanol–water partition coefficient (Wildman–Crippen LogP) is 1.22. The number of hydrogen-bond acceptors (Lipinski definition) is 3. The van der Waals surface area contributed by atoms with E-state index in [1.54, 1.807) is 13.0 Å². The van der Waals surface area contributed by atoms with Gasteiger partial charge in [-0.2, -0.15) is 0 Å². The van der Waals surface area contributed by atoms with Gasteiger partial charge in [0.05, 0.1) is 11.4 Å². The van der Waals surface area contributed by atoms with Gasteiger partial charge in [0.2, 0.25) is 10.0 Å². The average Bonchev–Trinajstić information content (AvgIpc) is 2.20. The number of sulfonamides is 1. The highest BCUT2D eigenvalue weighted by Gasteiger charge is 2.12. The molecular formula is C10H15FN2O2S. The second-order valence-corrected chi connectivity index (χ2v) is 5.39. The van der Waals surface area contributed by atoms with Crippen molar-refractivity contribution in [2.45, 2.75) is 13.3 Å². The van der Waals surface area contributed by atoms with Crippen molar-refractivity contribution >= 4 is 15.7 Å². The van der Waals surface area contributed by atoms with E-state index in [1.165, 1.54) is 12.1 Å². The standard InChI is InChI=1S/C10H15FN2O2S/c1-8-3-4-9(11)10(7-8)13-16(14,15)6-2-5-12/h3-4,7,13H,2,5-6,12H2,1H3. The van der Waals surface area contributed by atoms with Crippen LogP contribution >= 0.6 is 0 Å². The lowest BCUT2D eigenvalue weighted by Crippen LogP contribution is -2.19. The summed E-state index contributed by atoms with van der Waals surface area (Å²) in [4.78, 5) is 0. The predicted molar refractivity (Wildman–Crippen MR) is 62.2 cm³/mol. The van der Waals surface area contributed by atoms with Gasteiger partial charge in [-0.05, 0) is 37.6 Å². The fraction of sp³-hybridized carbons (Fsp3) is 0.400. The van der Waals surface area contributed by atoms with Crippen molar-refractivity contribution in [1.29, 1.82) is 0 Å². The van der Waals surface area contributed by atoms with E-state index in [4.69, 9.17) is 5.73 Å². The third kappa shape index (κ3) is 3.79. The highest BCUT2D eigenvalue weighted by Crippen LogP contribution is 2.17. The van der Waals surface area contributed by atoms with Gasteiger partial charge in [-0.15, -0.1) is 0 Å². The molecule has 1 aromatic carbocycles. The first-order chi connectivity index (χ1) is 7.44. The summed E-state index contributed by atoms with van der Waals surface area (Å²) in [6.07, 6.45) is 0.350. The number of anilines is 1. The van der Waals surface area contributed by atoms with Crippen LogP contribution in [-0.4, -0.2) is 20.7 Å². The molecule has 6 heteroatoms. The first-order valence-electron chi connectivity index (χ1n) is 4.91. The molecule has 0 aromatic heterocycles. The van der Waals surface area contributed by atoms with Crippen molar-refractivity contribution in [2.75, 3.05) is 17.0 Å². The summed E-state index contributed by atoms with van der Waals surface area (Å²) in [5.74, 6) is -0.682. The molecule has 0 atom stereocenters. The van der Waals surface area contributed by atoms with E-state index in [-0.39, 0.29) is 18.0 Å². The summed E-state index contributed by atoms with van der Waals surface area (Å²) in [5, 5.41) is 0. The van der Waals surface area contributed by atoms with Gasteiger partial charge in [-0.25, -0.2) is 12.8 Å². The largest absolute Gasteiger partial charge is 0.330 e. The highest BCUT2D eigenvalue weighted by atomic mass is 32.2. The lowest BCUT2D eigenvalue weighted by Gasteiger charge is -2.08. The SMILES string of the molecule is Cc1ccc(F)c(NS(=O)(=O)CCCN)c1. The van der Waals surface area contributed by atoms with E-state index in [1.807, 2.05) is 0 Å². The van der Waals surface area contributed by atoms with Gasteiger partial charge in [-0.3, -0.25) is 4.72 Å². The van der Waals surface area contributed by atoms with Crippen LogP contribution in [0.4, 0.5) is 10.1 Å². The minimum atomic E-state index is -3.51. The van der Waals surface area contributed by atoms with Crippen molar-refractivity contribution in [3.63, 3.8) is 0 Å². The molecule has 0 aliphatic carbocycles. The summed E-state index contributed by atoms with van der Waals surface area (Å²) in [7, 11) is -3.51. The molecule has 0 aliphatic heterocycles. The molecule has 0 spiro atoms. The molecule has 16 heavy (non-hydrogen) atoms. The molecule has 1 aromatic rings. The third-order valence-electron chi connectivity index (χ3n) is 2.00. The topological polar surface area (TPSA) is 72.2 Å². The number of rotatable bonds is 5. The molecule has 4 nitrogen and oxygen atoms in total. The van der Waals surface area contributed by atoms with Gasteiger partial charge >= 0.3 is 0 Å². The van der Waals surface area contributed by atoms with E-state index >= 15 is 0 Å². The Morgan fingerprint density at radius 1 is 1.44 bits per heavy atom. The number of benzene rings is 1. The average molecular weight is 246 g/mol. The Kier molecular flexibility index (Phi) is 4.26. The second kappa shape index (κ2) is 5.27. The third-order valence-corrected chi connectivity index (χ3v) is 3.36. The summed E-state index contributed by atoms with van der Waals surface area (Å²) < 4.78 is 38.5. The van der Waals surface area contributed by atoms with Crippen LogP contribution in [-0.2, 0) is 10.0 Å². The summed E-state index contributed by atoms with van der Waals surface area (Å²) in [5.41, 5.74) is 5.99. The van der Waals surface area contributed by atoms with Crippen LogP contribution in [0, 0.1) is 12.7 Å². The first kappa shape index (κ1) is 12.9. The summed E-state index contributed by atoms with van der Waals surface area (Å²) in [6, 6.07) is 4.26. The molecule has 0 aliphatic rings. The molecular weight excluding hydrogens is 231 g/mol. The minimum Gasteiger partial charge on any atom is -0.330 e. The van der Waals surface area contributed by atoms with E-state index < -0.39 is 15.8 Å². The van der Waals surface area contributed by atoms with Crippen molar-refractivity contribution in [3.05, 3.63) is 29.6 Å². The maximum absolute atomic E-state index is 13.3. The van der Waals surface area contributed by atoms with Crippen molar-refractivity contribution in [2.24, 2.45) is 5.73 Å². The first-order valence-corrected chi connectivity index (χ1v) is 6.56. The Morgan fingerprint density at radius 3 is 2.75 bits per heavy atom. The van der Waals surface area contributed by atoms with E-state index in [2.05, 4.69) is 4.72 Å². The van der Waals surface area contributed by atoms with Gasteiger partial charge in [0, 0.05) is 0 Å². The van der Waals surface area contributed by atoms with Crippen LogP contribution in [0.25, 0.3) is 0 Å². The van der Waals surface area contributed by atoms with E-state index in [0.717, 1.165) is 5.56 Å². The Hall–Kier alpha value is -1.14. The Labute approximate surface area is 94.7 Å². The lowest BCUT2D eigenvalue weighted by molar-refractivity contribution is 0.596. The molecule has 90 valence electrons. The zero-order chi connectivity index (χ0) is 12.2. The van der Waals surface area contributed by atoms with E-state index in [0.29, 0.717) is 6.42 Å². The zero-order valence-corrected chi connectivity index (χ0v) is 9.85. The Morgan fingerprint density at radius 2 is 2.12 bits per heavy atom. The molecule has 1 rings (SSSR count). The molecule has 0 saturated heterocycles. The van der Waals surface area contributed by atoms with E-state index in [9.17, 15) is 12.8 Å². The minimum absolute atomic E-state index is 0.0166. The number of halogens is 1. The monoisotopic (exact) mass is 246 g/mol. The second-order valence-electron chi connectivity index (χ2n) is 3.55.